The van der Waals surface area contributed by atoms with Gasteiger partial charge in [0, 0.05) is 6.61 Å². The lowest BCUT2D eigenvalue weighted by Crippen LogP contribution is -2.12. The van der Waals surface area contributed by atoms with E-state index in [2.05, 4.69) is 20.4 Å². The van der Waals surface area contributed by atoms with Gasteiger partial charge in [-0.05, 0) is 25.7 Å². The summed E-state index contributed by atoms with van der Waals surface area (Å²) < 4.78 is 10.1. The van der Waals surface area contributed by atoms with Crippen LogP contribution in [0.4, 0.5) is 0 Å². The average molecular weight is 214 g/mol. The van der Waals surface area contributed by atoms with Crippen molar-refractivity contribution in [1.82, 2.24) is 0 Å². The third kappa shape index (κ3) is 8.18. The first-order valence-electron chi connectivity index (χ1n) is 5.50. The Labute approximate surface area is 92.5 Å². The van der Waals surface area contributed by atoms with Crippen molar-refractivity contribution >= 4 is 5.97 Å². The van der Waals surface area contributed by atoms with Crippen LogP contribution in [0.3, 0.4) is 0 Å². The minimum absolute atomic E-state index is 0.275. The molecule has 0 heterocycles. The summed E-state index contributed by atoms with van der Waals surface area (Å²) in [6.45, 7) is 11.1. The number of hydrogen-bond donors (Lipinski definition) is 0. The fraction of sp³-hybridized carbons (Fsp3) is 0.750. The zero-order chi connectivity index (χ0) is 11.7. The third-order valence-electron chi connectivity index (χ3n) is 1.91. The Morgan fingerprint density at radius 2 is 2.07 bits per heavy atom. The summed E-state index contributed by atoms with van der Waals surface area (Å²) in [4.78, 5) is 11.1. The fourth-order valence-corrected chi connectivity index (χ4v) is 1.08. The largest absolute Gasteiger partial charge is 0.463 e. The molecule has 15 heavy (non-hydrogen) atoms. The molecular weight excluding hydrogens is 192 g/mol. The maximum absolute atomic E-state index is 11.1. The molecule has 0 spiro atoms. The molecule has 0 fully saturated rings. The van der Waals surface area contributed by atoms with Crippen molar-refractivity contribution in [3.8, 4) is 0 Å². The van der Waals surface area contributed by atoms with Gasteiger partial charge in [-0.1, -0.05) is 20.4 Å². The van der Waals surface area contributed by atoms with Crippen LogP contribution in [-0.2, 0) is 14.3 Å². The van der Waals surface area contributed by atoms with Crippen molar-refractivity contribution in [2.24, 2.45) is 5.92 Å². The van der Waals surface area contributed by atoms with Crippen LogP contribution in [0, 0.1) is 5.92 Å². The molecule has 0 radical (unpaired) electrons. The Kier molecular flexibility index (Phi) is 8.01. The smallest absolute Gasteiger partial charge is 0.335 e. The molecule has 0 aromatic carbocycles. The first-order chi connectivity index (χ1) is 7.07. The second-order valence-corrected chi connectivity index (χ2v) is 3.91. The second-order valence-electron chi connectivity index (χ2n) is 3.91. The maximum Gasteiger partial charge on any atom is 0.335 e. The zero-order valence-corrected chi connectivity index (χ0v) is 10.0. The van der Waals surface area contributed by atoms with Crippen molar-refractivity contribution in [1.29, 1.82) is 0 Å². The SMILES string of the molecule is C=C(COCCCC(C)C)C(=O)OCC. The molecule has 0 bridgehead atoms. The molecule has 3 heteroatoms. The van der Waals surface area contributed by atoms with E-state index in [0.29, 0.717) is 24.7 Å². The van der Waals surface area contributed by atoms with Gasteiger partial charge in [-0.3, -0.25) is 0 Å². The number of carbonyl (C=O) groups is 1. The first-order valence-corrected chi connectivity index (χ1v) is 5.50. The minimum atomic E-state index is -0.360. The number of rotatable bonds is 8. The number of esters is 1. The van der Waals surface area contributed by atoms with E-state index in [0.717, 1.165) is 12.8 Å². The molecule has 0 aliphatic carbocycles. The molecule has 0 amide bonds. The summed E-state index contributed by atoms with van der Waals surface area (Å²) in [5.41, 5.74) is 0.390. The quantitative estimate of drug-likeness (QED) is 0.354. The van der Waals surface area contributed by atoms with Crippen molar-refractivity contribution in [2.75, 3.05) is 19.8 Å². The molecule has 0 saturated carbocycles. The molecule has 0 unspecified atom stereocenters. The van der Waals surface area contributed by atoms with Crippen LogP contribution < -0.4 is 0 Å². The van der Waals surface area contributed by atoms with E-state index in [1.807, 2.05) is 0 Å². The summed E-state index contributed by atoms with van der Waals surface area (Å²) >= 11 is 0. The molecule has 0 aromatic rings. The van der Waals surface area contributed by atoms with E-state index >= 15 is 0 Å². The Morgan fingerprint density at radius 3 is 2.60 bits per heavy atom. The molecule has 0 aliphatic heterocycles. The van der Waals surface area contributed by atoms with Crippen molar-refractivity contribution in [2.45, 2.75) is 33.6 Å². The third-order valence-corrected chi connectivity index (χ3v) is 1.91. The van der Waals surface area contributed by atoms with Gasteiger partial charge in [0.1, 0.15) is 0 Å². The van der Waals surface area contributed by atoms with E-state index in [1.54, 1.807) is 6.92 Å². The van der Waals surface area contributed by atoms with Crippen LogP contribution in [0.5, 0.6) is 0 Å². The van der Waals surface area contributed by atoms with Gasteiger partial charge in [-0.25, -0.2) is 4.79 Å². The van der Waals surface area contributed by atoms with Crippen LogP contribution >= 0.6 is 0 Å². The van der Waals surface area contributed by atoms with E-state index < -0.39 is 0 Å². The summed E-state index contributed by atoms with van der Waals surface area (Å²) in [5, 5.41) is 0. The van der Waals surface area contributed by atoms with Gasteiger partial charge in [-0.15, -0.1) is 0 Å². The predicted octanol–water partition coefficient (Wildman–Crippen LogP) is 2.56. The molecule has 0 aliphatic rings. The van der Waals surface area contributed by atoms with Gasteiger partial charge < -0.3 is 9.47 Å². The Bertz CT molecular complexity index is 197. The lowest BCUT2D eigenvalue weighted by atomic mass is 10.1. The van der Waals surface area contributed by atoms with Crippen LogP contribution in [0.1, 0.15) is 33.6 Å². The van der Waals surface area contributed by atoms with Crippen molar-refractivity contribution in [3.63, 3.8) is 0 Å². The highest BCUT2D eigenvalue weighted by atomic mass is 16.5. The van der Waals surface area contributed by atoms with E-state index in [9.17, 15) is 4.79 Å². The van der Waals surface area contributed by atoms with Crippen LogP contribution in [-0.4, -0.2) is 25.8 Å². The minimum Gasteiger partial charge on any atom is -0.463 e. The Hall–Kier alpha value is -0.830. The van der Waals surface area contributed by atoms with Gasteiger partial charge in [0.15, 0.2) is 0 Å². The number of ether oxygens (including phenoxy) is 2. The highest BCUT2D eigenvalue weighted by Crippen LogP contribution is 2.04. The van der Waals surface area contributed by atoms with Crippen molar-refractivity contribution in [3.05, 3.63) is 12.2 Å². The molecule has 0 N–H and O–H groups in total. The van der Waals surface area contributed by atoms with Gasteiger partial charge in [0.2, 0.25) is 0 Å². The lowest BCUT2D eigenvalue weighted by molar-refractivity contribution is -0.139. The maximum atomic E-state index is 11.1. The van der Waals surface area contributed by atoms with Gasteiger partial charge in [-0.2, -0.15) is 0 Å². The summed E-state index contributed by atoms with van der Waals surface area (Å²) in [5.74, 6) is 0.336. The molecule has 3 nitrogen and oxygen atoms in total. The molecular formula is C12H22O3. The van der Waals surface area contributed by atoms with Gasteiger partial charge in [0.25, 0.3) is 0 Å². The van der Waals surface area contributed by atoms with Crippen LogP contribution in [0.15, 0.2) is 12.2 Å². The molecule has 0 aromatic heterocycles. The predicted molar refractivity (Wildman–Crippen MR) is 60.7 cm³/mol. The second kappa shape index (κ2) is 8.48. The number of carbonyl (C=O) groups excluding carboxylic acids is 1. The zero-order valence-electron chi connectivity index (χ0n) is 10.0. The fourth-order valence-electron chi connectivity index (χ4n) is 1.08. The van der Waals surface area contributed by atoms with E-state index in [1.165, 1.54) is 0 Å². The number of hydrogen-bond acceptors (Lipinski definition) is 3. The molecule has 0 saturated heterocycles. The molecule has 0 rings (SSSR count). The summed E-state index contributed by atoms with van der Waals surface area (Å²) in [6, 6.07) is 0. The first kappa shape index (κ1) is 14.2. The molecule has 88 valence electrons. The standard InChI is InChI=1S/C12H22O3/c1-5-15-12(13)11(4)9-14-8-6-7-10(2)3/h10H,4-9H2,1-3H3. The van der Waals surface area contributed by atoms with Gasteiger partial charge in [0.05, 0.1) is 18.8 Å². The molecule has 0 atom stereocenters. The Balaban J connectivity index is 3.43. The van der Waals surface area contributed by atoms with Gasteiger partial charge >= 0.3 is 5.97 Å². The van der Waals surface area contributed by atoms with Crippen molar-refractivity contribution < 1.29 is 14.3 Å². The summed E-state index contributed by atoms with van der Waals surface area (Å²) in [6.07, 6.45) is 2.17. The Morgan fingerprint density at radius 1 is 1.40 bits per heavy atom. The average Bonchev–Trinajstić information content (AvgIpc) is 2.16. The highest BCUT2D eigenvalue weighted by molar-refractivity contribution is 5.87. The topological polar surface area (TPSA) is 35.5 Å². The van der Waals surface area contributed by atoms with E-state index in [4.69, 9.17) is 9.47 Å². The van der Waals surface area contributed by atoms with Crippen LogP contribution in [0.25, 0.3) is 0 Å². The van der Waals surface area contributed by atoms with E-state index in [-0.39, 0.29) is 12.6 Å². The summed E-state index contributed by atoms with van der Waals surface area (Å²) in [7, 11) is 0. The monoisotopic (exact) mass is 214 g/mol. The van der Waals surface area contributed by atoms with Crippen LogP contribution in [0.2, 0.25) is 0 Å². The normalized spacial score (nSPS) is 10.4. The highest BCUT2D eigenvalue weighted by Gasteiger charge is 2.07. The lowest BCUT2D eigenvalue weighted by Gasteiger charge is -2.07.